The Bertz CT molecular complexity index is 987. The van der Waals surface area contributed by atoms with Crippen LogP contribution in [0, 0.1) is 11.2 Å². The second-order valence-corrected chi connectivity index (χ2v) is 11.6. The molecule has 2 amide bonds. The second-order valence-electron chi connectivity index (χ2n) is 9.72. The molecule has 0 radical (unpaired) electrons. The minimum atomic E-state index is -3.41. The van der Waals surface area contributed by atoms with Crippen LogP contribution in [0.4, 0.5) is 10.1 Å². The number of carbonyl (C=O) groups is 2. The first-order valence-electron chi connectivity index (χ1n) is 11.9. The van der Waals surface area contributed by atoms with Gasteiger partial charge in [-0.3, -0.25) is 14.5 Å². The molecule has 3 heterocycles. The number of anilines is 1. The van der Waals surface area contributed by atoms with Gasteiger partial charge in [-0.15, -0.1) is 0 Å². The fraction of sp³-hybridized carbons (Fsp3) is 0.652. The zero-order valence-corrected chi connectivity index (χ0v) is 20.4. The van der Waals surface area contributed by atoms with Crippen molar-refractivity contribution in [3.63, 3.8) is 0 Å². The lowest BCUT2D eigenvalue weighted by atomic mass is 9.75. The van der Waals surface area contributed by atoms with Gasteiger partial charge >= 0.3 is 0 Å². The highest BCUT2D eigenvalue weighted by Gasteiger charge is 2.48. The quantitative estimate of drug-likeness (QED) is 0.567. The fourth-order valence-electron chi connectivity index (χ4n) is 5.27. The molecule has 4 rings (SSSR count). The van der Waals surface area contributed by atoms with Crippen molar-refractivity contribution in [1.29, 1.82) is 0 Å². The van der Waals surface area contributed by atoms with Gasteiger partial charge in [0.2, 0.25) is 21.8 Å². The van der Waals surface area contributed by atoms with Crippen LogP contribution in [0.2, 0.25) is 0 Å². The first-order valence-corrected chi connectivity index (χ1v) is 13.8. The van der Waals surface area contributed by atoms with E-state index in [2.05, 4.69) is 19.8 Å². The summed E-state index contributed by atoms with van der Waals surface area (Å²) >= 11 is 0. The third-order valence-corrected chi connectivity index (χ3v) is 8.04. The molecule has 3 fully saturated rings. The van der Waals surface area contributed by atoms with Gasteiger partial charge in [0.1, 0.15) is 5.82 Å². The van der Waals surface area contributed by atoms with Gasteiger partial charge in [0.05, 0.1) is 18.2 Å². The number of sulfonamides is 1. The van der Waals surface area contributed by atoms with Gasteiger partial charge in [-0.2, -0.15) is 0 Å². The van der Waals surface area contributed by atoms with Crippen molar-refractivity contribution in [2.75, 3.05) is 63.5 Å². The third-order valence-electron chi connectivity index (χ3n) is 7.37. The van der Waals surface area contributed by atoms with E-state index >= 15 is 0 Å². The van der Waals surface area contributed by atoms with E-state index in [0.29, 0.717) is 25.9 Å². The van der Waals surface area contributed by atoms with Crippen molar-refractivity contribution in [3.05, 3.63) is 30.1 Å². The summed E-state index contributed by atoms with van der Waals surface area (Å²) in [4.78, 5) is 31.4. The van der Waals surface area contributed by atoms with Gasteiger partial charge in [-0.05, 0) is 49.9 Å². The van der Waals surface area contributed by atoms with E-state index in [0.717, 1.165) is 57.5 Å². The van der Waals surface area contributed by atoms with E-state index in [-0.39, 0.29) is 30.2 Å². The Balaban J connectivity index is 1.19. The van der Waals surface area contributed by atoms with Crippen LogP contribution in [-0.4, -0.2) is 94.7 Å². The fourth-order valence-corrected chi connectivity index (χ4v) is 5.65. The van der Waals surface area contributed by atoms with E-state index in [1.165, 1.54) is 12.1 Å². The van der Waals surface area contributed by atoms with E-state index in [4.69, 9.17) is 0 Å². The highest BCUT2D eigenvalue weighted by molar-refractivity contribution is 7.88. The second kappa shape index (κ2) is 10.2. The molecule has 0 aromatic heterocycles. The zero-order valence-electron chi connectivity index (χ0n) is 19.6. The lowest BCUT2D eigenvalue weighted by Gasteiger charge is -2.38. The molecule has 1 atom stereocenters. The van der Waals surface area contributed by atoms with Crippen LogP contribution in [0.3, 0.4) is 0 Å². The third kappa shape index (κ3) is 6.05. The van der Waals surface area contributed by atoms with E-state index in [1.807, 2.05) is 12.1 Å². The number of hydrogen-bond donors (Lipinski definition) is 2. The molecule has 1 spiro atoms. The molecule has 9 nitrogen and oxygen atoms in total. The van der Waals surface area contributed by atoms with Crippen molar-refractivity contribution in [1.82, 2.24) is 19.8 Å². The molecule has 34 heavy (non-hydrogen) atoms. The minimum absolute atomic E-state index is 0.0833. The largest absolute Gasteiger partial charge is 0.369 e. The number of halogens is 1. The van der Waals surface area contributed by atoms with Gasteiger partial charge in [-0.25, -0.2) is 17.5 Å². The summed E-state index contributed by atoms with van der Waals surface area (Å²) in [6.07, 6.45) is 3.92. The van der Waals surface area contributed by atoms with Crippen LogP contribution in [0.15, 0.2) is 24.3 Å². The number of hydrogen-bond acceptors (Lipinski definition) is 6. The van der Waals surface area contributed by atoms with Gasteiger partial charge in [-0.1, -0.05) is 0 Å². The average Bonchev–Trinajstić information content (AvgIpc) is 3.11. The lowest BCUT2D eigenvalue weighted by Crippen LogP contribution is -2.48. The molecule has 0 bridgehead atoms. The van der Waals surface area contributed by atoms with E-state index in [1.54, 1.807) is 4.90 Å². The molecule has 3 saturated heterocycles. The molecule has 3 aliphatic heterocycles. The summed E-state index contributed by atoms with van der Waals surface area (Å²) in [6, 6.07) is 6.76. The maximum Gasteiger partial charge on any atom is 0.237 e. The average molecular weight is 496 g/mol. The molecular weight excluding hydrogens is 461 g/mol. The summed E-state index contributed by atoms with van der Waals surface area (Å²) < 4.78 is 37.8. The molecule has 2 N–H and O–H groups in total. The number of amides is 2. The Kier molecular flexibility index (Phi) is 7.44. The smallest absolute Gasteiger partial charge is 0.237 e. The number of piperazine rings is 1. The molecule has 0 unspecified atom stereocenters. The molecule has 1 aromatic carbocycles. The molecule has 188 valence electrons. The van der Waals surface area contributed by atoms with E-state index in [9.17, 15) is 22.4 Å². The predicted octanol–water partition coefficient (Wildman–Crippen LogP) is 0.384. The Morgan fingerprint density at radius 1 is 1.12 bits per heavy atom. The summed E-state index contributed by atoms with van der Waals surface area (Å²) in [6.45, 7) is 5.26. The SMILES string of the molecule is CS(=O)(=O)NCC(=O)N1CCC2(CC1)C[C@H](CCN1CCN(c3ccc(F)cc3)CC1)NC2=O. The van der Waals surface area contributed by atoms with Crippen LogP contribution < -0.4 is 14.9 Å². The number of nitrogens with zero attached hydrogens (tertiary/aromatic N) is 3. The Hall–Kier alpha value is -2.24. The monoisotopic (exact) mass is 495 g/mol. The Labute approximate surface area is 200 Å². The van der Waals surface area contributed by atoms with Crippen molar-refractivity contribution in [3.8, 4) is 0 Å². The summed E-state index contributed by atoms with van der Waals surface area (Å²) in [5.74, 6) is -0.394. The molecule has 0 saturated carbocycles. The van der Waals surface area contributed by atoms with Gasteiger partial charge in [0.25, 0.3) is 0 Å². The number of benzene rings is 1. The van der Waals surface area contributed by atoms with Crippen LogP contribution >= 0.6 is 0 Å². The highest BCUT2D eigenvalue weighted by atomic mass is 32.2. The van der Waals surface area contributed by atoms with Crippen LogP contribution in [0.5, 0.6) is 0 Å². The maximum atomic E-state index is 13.2. The number of likely N-dealkylation sites (tertiary alicyclic amines) is 1. The Morgan fingerprint density at radius 2 is 1.76 bits per heavy atom. The van der Waals surface area contributed by atoms with Gasteiger partial charge in [0, 0.05) is 57.5 Å². The maximum absolute atomic E-state index is 13.2. The topological polar surface area (TPSA) is 102 Å². The number of carbonyl (C=O) groups excluding carboxylic acids is 2. The normalized spacial score (nSPS) is 23.4. The van der Waals surface area contributed by atoms with Crippen molar-refractivity contribution in [2.45, 2.75) is 31.7 Å². The summed E-state index contributed by atoms with van der Waals surface area (Å²) in [5, 5.41) is 3.18. The molecule has 1 aromatic rings. The Morgan fingerprint density at radius 3 is 2.38 bits per heavy atom. The van der Waals surface area contributed by atoms with E-state index < -0.39 is 15.4 Å². The van der Waals surface area contributed by atoms with Crippen LogP contribution in [-0.2, 0) is 19.6 Å². The van der Waals surface area contributed by atoms with Crippen LogP contribution in [0.1, 0.15) is 25.7 Å². The number of rotatable bonds is 7. The zero-order chi connectivity index (χ0) is 24.3. The predicted molar refractivity (Wildman–Crippen MR) is 127 cm³/mol. The first-order chi connectivity index (χ1) is 16.1. The lowest BCUT2D eigenvalue weighted by molar-refractivity contribution is -0.137. The molecular formula is C23H34FN5O4S. The van der Waals surface area contributed by atoms with Crippen molar-refractivity contribution >= 4 is 27.5 Å². The van der Waals surface area contributed by atoms with Crippen molar-refractivity contribution in [2.24, 2.45) is 5.41 Å². The molecule has 0 aliphatic carbocycles. The standard InChI is InChI=1S/C23H34FN5O4S/c1-34(32,33)25-17-21(30)29-10-7-23(8-11-29)16-19(26-22(23)31)6-9-27-12-14-28(15-13-27)20-4-2-18(24)3-5-20/h2-5,19,25H,6-17H2,1H3,(H,26,31)/t19-/m0/s1. The molecule has 11 heteroatoms. The highest BCUT2D eigenvalue weighted by Crippen LogP contribution is 2.41. The molecule has 3 aliphatic rings. The summed E-state index contributed by atoms with van der Waals surface area (Å²) in [7, 11) is -3.41. The van der Waals surface area contributed by atoms with Gasteiger partial charge < -0.3 is 15.1 Å². The van der Waals surface area contributed by atoms with Crippen molar-refractivity contribution < 1.29 is 22.4 Å². The number of piperidine rings is 1. The minimum Gasteiger partial charge on any atom is -0.369 e. The van der Waals surface area contributed by atoms with Crippen LogP contribution in [0.25, 0.3) is 0 Å². The number of nitrogens with one attached hydrogen (secondary N) is 2. The van der Waals surface area contributed by atoms with Gasteiger partial charge in [0.15, 0.2) is 0 Å². The first kappa shape index (κ1) is 24.9. The summed E-state index contributed by atoms with van der Waals surface area (Å²) in [5.41, 5.74) is 0.621.